The Balaban J connectivity index is 1.92. The molecule has 0 bridgehead atoms. The molecule has 1 aliphatic carbocycles. The van der Waals surface area contributed by atoms with Crippen molar-refractivity contribution in [2.45, 2.75) is 12.8 Å². The first kappa shape index (κ1) is 8.83. The second kappa shape index (κ2) is 3.97. The van der Waals surface area contributed by atoms with Crippen LogP contribution in [0.15, 0.2) is 30.3 Å². The van der Waals surface area contributed by atoms with E-state index in [2.05, 4.69) is 11.8 Å². The molecule has 0 amide bonds. The Kier molecular flexibility index (Phi) is 2.51. The number of carbonyl (C=O) groups is 1. The van der Waals surface area contributed by atoms with Crippen LogP contribution < -0.4 is 4.74 Å². The van der Waals surface area contributed by atoms with Gasteiger partial charge in [0.2, 0.25) is 0 Å². The minimum atomic E-state index is -0.469. The molecule has 0 saturated heterocycles. The second-order valence-electron chi connectivity index (χ2n) is 3.25. The molecule has 1 aliphatic rings. The predicted molar refractivity (Wildman–Crippen MR) is 52.6 cm³/mol. The first-order valence-electron chi connectivity index (χ1n) is 4.63. The largest absolute Gasteiger partial charge is 0.417 e. The molecule has 0 aliphatic heterocycles. The summed E-state index contributed by atoms with van der Waals surface area (Å²) in [6.45, 7) is 0. The summed E-state index contributed by atoms with van der Waals surface area (Å²) in [5, 5.41) is 0. The Bertz CT molecular complexity index is 380. The number of rotatable bonds is 1. The topological polar surface area (TPSA) is 26.3 Å². The molecule has 1 aromatic rings. The number of carbonyl (C=O) groups excluding carboxylic acids is 1. The standard InChI is InChI=1S/C12H10O2/c13-12(9-8-10-6-7-10)14-11-4-2-1-3-5-11/h1-5,10H,6-7H2. The summed E-state index contributed by atoms with van der Waals surface area (Å²) in [4.78, 5) is 11.1. The van der Waals surface area contributed by atoms with Crippen molar-refractivity contribution < 1.29 is 9.53 Å². The Hall–Kier alpha value is -1.75. The van der Waals surface area contributed by atoms with E-state index in [4.69, 9.17) is 4.74 Å². The van der Waals surface area contributed by atoms with E-state index in [0.717, 1.165) is 12.8 Å². The summed E-state index contributed by atoms with van der Waals surface area (Å²) in [6, 6.07) is 8.97. The number of hydrogen-bond acceptors (Lipinski definition) is 2. The maximum atomic E-state index is 11.1. The van der Waals surface area contributed by atoms with Crippen LogP contribution in [0.5, 0.6) is 5.75 Å². The van der Waals surface area contributed by atoms with E-state index in [1.807, 2.05) is 18.2 Å². The van der Waals surface area contributed by atoms with Crippen LogP contribution in [0.3, 0.4) is 0 Å². The lowest BCUT2D eigenvalue weighted by molar-refractivity contribution is -0.128. The molecule has 70 valence electrons. The summed E-state index contributed by atoms with van der Waals surface area (Å²) in [6.07, 6.45) is 2.23. The molecule has 2 rings (SSSR count). The summed E-state index contributed by atoms with van der Waals surface area (Å²) in [5.41, 5.74) is 0. The SMILES string of the molecule is O=C(C#CC1CC1)Oc1ccccc1. The minimum absolute atomic E-state index is 0.429. The van der Waals surface area contributed by atoms with E-state index in [9.17, 15) is 4.79 Å². The van der Waals surface area contributed by atoms with Crippen LogP contribution in [0.1, 0.15) is 12.8 Å². The first-order chi connectivity index (χ1) is 6.84. The van der Waals surface area contributed by atoms with Crippen molar-refractivity contribution in [2.75, 3.05) is 0 Å². The molecule has 1 fully saturated rings. The maximum Gasteiger partial charge on any atom is 0.389 e. The fourth-order valence-corrected chi connectivity index (χ4v) is 1.01. The van der Waals surface area contributed by atoms with Gasteiger partial charge in [-0.25, -0.2) is 4.79 Å². The molecule has 0 unspecified atom stereocenters. The lowest BCUT2D eigenvalue weighted by Crippen LogP contribution is -2.04. The maximum absolute atomic E-state index is 11.1. The molecule has 0 atom stereocenters. The highest BCUT2D eigenvalue weighted by Gasteiger charge is 2.18. The zero-order valence-corrected chi connectivity index (χ0v) is 7.69. The number of ether oxygens (including phenoxy) is 1. The van der Waals surface area contributed by atoms with Crippen LogP contribution in [0, 0.1) is 17.8 Å². The third-order valence-electron chi connectivity index (χ3n) is 1.91. The first-order valence-corrected chi connectivity index (χ1v) is 4.63. The van der Waals surface area contributed by atoms with E-state index in [1.54, 1.807) is 12.1 Å². The highest BCUT2D eigenvalue weighted by Crippen LogP contribution is 2.27. The lowest BCUT2D eigenvalue weighted by atomic mass is 10.3. The Labute approximate surface area is 82.9 Å². The minimum Gasteiger partial charge on any atom is -0.417 e. The summed E-state index contributed by atoms with van der Waals surface area (Å²) >= 11 is 0. The van der Waals surface area contributed by atoms with Crippen LogP contribution in [-0.2, 0) is 4.79 Å². The fraction of sp³-hybridized carbons (Fsp3) is 0.250. The van der Waals surface area contributed by atoms with Crippen LogP contribution in [0.4, 0.5) is 0 Å². The molecule has 2 heteroatoms. The average molecular weight is 186 g/mol. The molecular formula is C12H10O2. The fourth-order valence-electron chi connectivity index (χ4n) is 1.01. The van der Waals surface area contributed by atoms with Gasteiger partial charge >= 0.3 is 5.97 Å². The van der Waals surface area contributed by atoms with Crippen molar-refractivity contribution in [3.63, 3.8) is 0 Å². The average Bonchev–Trinajstić information content (AvgIpc) is 3.00. The quantitative estimate of drug-likeness (QED) is 0.290. The van der Waals surface area contributed by atoms with Crippen molar-refractivity contribution >= 4 is 5.97 Å². The molecule has 0 heterocycles. The van der Waals surface area contributed by atoms with Crippen molar-refractivity contribution in [3.05, 3.63) is 30.3 Å². The van der Waals surface area contributed by atoms with Crippen molar-refractivity contribution in [2.24, 2.45) is 5.92 Å². The summed E-state index contributed by atoms with van der Waals surface area (Å²) < 4.78 is 4.98. The van der Waals surface area contributed by atoms with Gasteiger partial charge in [-0.05, 0) is 25.0 Å². The Morgan fingerprint density at radius 1 is 1.29 bits per heavy atom. The van der Waals surface area contributed by atoms with Crippen molar-refractivity contribution in [1.82, 2.24) is 0 Å². The smallest absolute Gasteiger partial charge is 0.389 e. The summed E-state index contributed by atoms with van der Waals surface area (Å²) in [5.74, 6) is 5.84. The second-order valence-corrected chi connectivity index (χ2v) is 3.25. The van der Waals surface area contributed by atoms with E-state index in [-0.39, 0.29) is 0 Å². The van der Waals surface area contributed by atoms with Gasteiger partial charge < -0.3 is 4.74 Å². The number of esters is 1. The molecule has 0 aromatic heterocycles. The number of para-hydroxylation sites is 1. The van der Waals surface area contributed by atoms with Gasteiger partial charge in [0.15, 0.2) is 0 Å². The van der Waals surface area contributed by atoms with Gasteiger partial charge in [0, 0.05) is 11.8 Å². The van der Waals surface area contributed by atoms with Crippen molar-refractivity contribution in [3.8, 4) is 17.6 Å². The van der Waals surface area contributed by atoms with Gasteiger partial charge in [0.05, 0.1) is 0 Å². The normalized spacial score (nSPS) is 14.0. The van der Waals surface area contributed by atoms with Crippen LogP contribution >= 0.6 is 0 Å². The van der Waals surface area contributed by atoms with E-state index in [0.29, 0.717) is 11.7 Å². The zero-order valence-electron chi connectivity index (χ0n) is 7.69. The number of benzene rings is 1. The Morgan fingerprint density at radius 2 is 2.00 bits per heavy atom. The molecule has 0 spiro atoms. The molecular weight excluding hydrogens is 176 g/mol. The lowest BCUT2D eigenvalue weighted by Gasteiger charge is -1.97. The van der Waals surface area contributed by atoms with E-state index in [1.165, 1.54) is 0 Å². The predicted octanol–water partition coefficient (Wildman–Crippen LogP) is 2.01. The highest BCUT2D eigenvalue weighted by molar-refractivity contribution is 5.90. The third kappa shape index (κ3) is 2.63. The van der Waals surface area contributed by atoms with Gasteiger partial charge in [-0.15, -0.1) is 0 Å². The van der Waals surface area contributed by atoms with Crippen LogP contribution in [0.2, 0.25) is 0 Å². The molecule has 1 aromatic carbocycles. The van der Waals surface area contributed by atoms with E-state index < -0.39 is 5.97 Å². The van der Waals surface area contributed by atoms with Crippen LogP contribution in [-0.4, -0.2) is 5.97 Å². The molecule has 0 radical (unpaired) electrons. The Morgan fingerprint density at radius 3 is 2.64 bits per heavy atom. The van der Waals surface area contributed by atoms with Crippen molar-refractivity contribution in [1.29, 1.82) is 0 Å². The van der Waals surface area contributed by atoms with Gasteiger partial charge in [0.1, 0.15) is 5.75 Å². The van der Waals surface area contributed by atoms with Crippen LogP contribution in [0.25, 0.3) is 0 Å². The molecule has 14 heavy (non-hydrogen) atoms. The van der Waals surface area contributed by atoms with Gasteiger partial charge in [0.25, 0.3) is 0 Å². The van der Waals surface area contributed by atoms with E-state index >= 15 is 0 Å². The van der Waals surface area contributed by atoms with Gasteiger partial charge in [-0.1, -0.05) is 24.1 Å². The zero-order chi connectivity index (χ0) is 9.80. The molecule has 0 N–H and O–H groups in total. The monoisotopic (exact) mass is 186 g/mol. The van der Waals surface area contributed by atoms with Gasteiger partial charge in [-0.3, -0.25) is 0 Å². The molecule has 1 saturated carbocycles. The third-order valence-corrected chi connectivity index (χ3v) is 1.91. The number of hydrogen-bond donors (Lipinski definition) is 0. The molecule has 2 nitrogen and oxygen atoms in total. The summed E-state index contributed by atoms with van der Waals surface area (Å²) in [7, 11) is 0. The van der Waals surface area contributed by atoms with Gasteiger partial charge in [-0.2, -0.15) is 0 Å². The highest BCUT2D eigenvalue weighted by atomic mass is 16.5.